The SMILES string of the molecule is CCCC=C1CC=NC1. The van der Waals surface area contributed by atoms with E-state index >= 15 is 0 Å². The van der Waals surface area contributed by atoms with Crippen molar-refractivity contribution < 1.29 is 0 Å². The van der Waals surface area contributed by atoms with Crippen molar-refractivity contribution in [3.8, 4) is 0 Å². The molecule has 0 aliphatic carbocycles. The van der Waals surface area contributed by atoms with Crippen LogP contribution >= 0.6 is 0 Å². The second kappa shape index (κ2) is 3.44. The lowest BCUT2D eigenvalue weighted by Gasteiger charge is -1.90. The van der Waals surface area contributed by atoms with Gasteiger partial charge in [-0.1, -0.05) is 19.4 Å². The Hall–Kier alpha value is -0.590. The molecule has 9 heavy (non-hydrogen) atoms. The van der Waals surface area contributed by atoms with E-state index in [0.29, 0.717) is 0 Å². The highest BCUT2D eigenvalue weighted by molar-refractivity contribution is 5.64. The van der Waals surface area contributed by atoms with Crippen LogP contribution in [0.2, 0.25) is 0 Å². The van der Waals surface area contributed by atoms with Gasteiger partial charge in [-0.3, -0.25) is 4.99 Å². The van der Waals surface area contributed by atoms with E-state index in [-0.39, 0.29) is 0 Å². The molecular formula is C8H13N. The van der Waals surface area contributed by atoms with Crippen LogP contribution in [0.15, 0.2) is 16.6 Å². The molecule has 0 unspecified atom stereocenters. The molecule has 0 aromatic rings. The summed E-state index contributed by atoms with van der Waals surface area (Å²) >= 11 is 0. The quantitative estimate of drug-likeness (QED) is 0.499. The Kier molecular flexibility index (Phi) is 2.49. The zero-order valence-corrected chi connectivity index (χ0v) is 5.93. The first-order chi connectivity index (χ1) is 4.43. The van der Waals surface area contributed by atoms with Gasteiger partial charge in [-0.25, -0.2) is 0 Å². The van der Waals surface area contributed by atoms with Crippen molar-refractivity contribution in [3.05, 3.63) is 11.6 Å². The second-order valence-electron chi connectivity index (χ2n) is 2.38. The number of nitrogens with zero attached hydrogens (tertiary/aromatic N) is 1. The molecule has 1 aliphatic heterocycles. The first kappa shape index (κ1) is 6.53. The van der Waals surface area contributed by atoms with Gasteiger partial charge in [-0.15, -0.1) is 0 Å². The van der Waals surface area contributed by atoms with E-state index in [4.69, 9.17) is 0 Å². The molecule has 0 saturated heterocycles. The van der Waals surface area contributed by atoms with Crippen LogP contribution in [0.25, 0.3) is 0 Å². The Labute approximate surface area is 56.5 Å². The lowest BCUT2D eigenvalue weighted by atomic mass is 10.2. The zero-order chi connectivity index (χ0) is 6.53. The number of hydrogen-bond donors (Lipinski definition) is 0. The number of allylic oxidation sites excluding steroid dienone is 1. The van der Waals surface area contributed by atoms with E-state index in [0.717, 1.165) is 13.0 Å². The molecular weight excluding hydrogens is 110 g/mol. The van der Waals surface area contributed by atoms with Gasteiger partial charge in [0.05, 0.1) is 6.54 Å². The third-order valence-electron chi connectivity index (χ3n) is 1.50. The van der Waals surface area contributed by atoms with Gasteiger partial charge in [0.25, 0.3) is 0 Å². The molecule has 0 radical (unpaired) electrons. The number of aliphatic imine (C=N–C) groups is 1. The molecule has 0 fully saturated rings. The van der Waals surface area contributed by atoms with E-state index < -0.39 is 0 Å². The van der Waals surface area contributed by atoms with Crippen LogP contribution in [0.3, 0.4) is 0 Å². The molecule has 1 rings (SSSR count). The van der Waals surface area contributed by atoms with Crippen LogP contribution < -0.4 is 0 Å². The minimum atomic E-state index is 0.958. The lowest BCUT2D eigenvalue weighted by Crippen LogP contribution is -1.79. The lowest BCUT2D eigenvalue weighted by molar-refractivity contribution is 0.941. The van der Waals surface area contributed by atoms with Gasteiger partial charge in [-0.2, -0.15) is 0 Å². The Morgan fingerprint density at radius 3 is 3.22 bits per heavy atom. The molecule has 0 saturated carbocycles. The summed E-state index contributed by atoms with van der Waals surface area (Å²) in [6, 6.07) is 0. The topological polar surface area (TPSA) is 12.4 Å². The van der Waals surface area contributed by atoms with Crippen molar-refractivity contribution in [2.45, 2.75) is 26.2 Å². The normalized spacial score (nSPS) is 21.7. The van der Waals surface area contributed by atoms with Crippen LogP contribution in [-0.4, -0.2) is 12.8 Å². The van der Waals surface area contributed by atoms with Crippen LogP contribution in [0.4, 0.5) is 0 Å². The van der Waals surface area contributed by atoms with Crippen LogP contribution in [0.5, 0.6) is 0 Å². The largest absolute Gasteiger partial charge is 0.293 e. The summed E-state index contributed by atoms with van der Waals surface area (Å²) in [4.78, 5) is 4.12. The molecule has 0 aromatic carbocycles. The molecule has 1 aliphatic rings. The summed E-state index contributed by atoms with van der Waals surface area (Å²) in [6.45, 7) is 3.16. The molecule has 1 heteroatoms. The first-order valence-corrected chi connectivity index (χ1v) is 3.59. The number of unbranched alkanes of at least 4 members (excludes halogenated alkanes) is 1. The molecule has 1 nitrogen and oxygen atoms in total. The molecule has 0 spiro atoms. The fourth-order valence-corrected chi connectivity index (χ4v) is 0.925. The minimum Gasteiger partial charge on any atom is -0.293 e. The summed E-state index contributed by atoms with van der Waals surface area (Å²) in [5, 5.41) is 0. The fourth-order valence-electron chi connectivity index (χ4n) is 0.925. The minimum absolute atomic E-state index is 0.958. The molecule has 50 valence electrons. The second-order valence-corrected chi connectivity index (χ2v) is 2.38. The predicted octanol–water partition coefficient (Wildman–Crippen LogP) is 2.19. The van der Waals surface area contributed by atoms with Gasteiger partial charge in [-0.05, 0) is 12.0 Å². The summed E-state index contributed by atoms with van der Waals surface area (Å²) in [5.41, 5.74) is 1.50. The molecule has 0 atom stereocenters. The highest BCUT2D eigenvalue weighted by Crippen LogP contribution is 2.07. The Balaban J connectivity index is 2.26. The van der Waals surface area contributed by atoms with Crippen molar-refractivity contribution in [1.29, 1.82) is 0 Å². The summed E-state index contributed by atoms with van der Waals surface area (Å²) in [6.07, 6.45) is 7.89. The van der Waals surface area contributed by atoms with Crippen molar-refractivity contribution >= 4 is 6.21 Å². The zero-order valence-electron chi connectivity index (χ0n) is 5.93. The average molecular weight is 123 g/mol. The third kappa shape index (κ3) is 2.00. The van der Waals surface area contributed by atoms with Crippen LogP contribution in [0, 0.1) is 0 Å². The maximum absolute atomic E-state index is 4.12. The fraction of sp³-hybridized carbons (Fsp3) is 0.625. The first-order valence-electron chi connectivity index (χ1n) is 3.59. The Morgan fingerprint density at radius 2 is 2.67 bits per heavy atom. The molecule has 0 amide bonds. The molecule has 0 N–H and O–H groups in total. The van der Waals surface area contributed by atoms with Crippen LogP contribution in [0.1, 0.15) is 26.2 Å². The highest BCUT2D eigenvalue weighted by Gasteiger charge is 1.97. The highest BCUT2D eigenvalue weighted by atomic mass is 14.7. The van der Waals surface area contributed by atoms with Crippen LogP contribution in [-0.2, 0) is 0 Å². The Bertz CT molecular complexity index is 124. The van der Waals surface area contributed by atoms with Gasteiger partial charge in [0.1, 0.15) is 0 Å². The summed E-state index contributed by atoms with van der Waals surface area (Å²) in [7, 11) is 0. The van der Waals surface area contributed by atoms with Gasteiger partial charge in [0, 0.05) is 12.6 Å². The van der Waals surface area contributed by atoms with Gasteiger partial charge in [0.15, 0.2) is 0 Å². The van der Waals surface area contributed by atoms with Gasteiger partial charge < -0.3 is 0 Å². The number of rotatable bonds is 2. The monoisotopic (exact) mass is 123 g/mol. The molecule has 1 heterocycles. The smallest absolute Gasteiger partial charge is 0.0599 e. The standard InChI is InChI=1S/C8H13N/c1-2-3-4-8-5-6-9-7-8/h4,6H,2-3,5,7H2,1H3. The summed E-state index contributed by atoms with van der Waals surface area (Å²) < 4.78 is 0. The van der Waals surface area contributed by atoms with E-state index in [1.54, 1.807) is 0 Å². The van der Waals surface area contributed by atoms with Crippen molar-refractivity contribution in [2.24, 2.45) is 4.99 Å². The maximum Gasteiger partial charge on any atom is 0.0599 e. The van der Waals surface area contributed by atoms with E-state index in [1.165, 1.54) is 18.4 Å². The van der Waals surface area contributed by atoms with E-state index in [2.05, 4.69) is 18.0 Å². The van der Waals surface area contributed by atoms with Crippen molar-refractivity contribution in [3.63, 3.8) is 0 Å². The molecule has 0 aromatic heterocycles. The number of hydrogen-bond acceptors (Lipinski definition) is 1. The summed E-state index contributed by atoms with van der Waals surface area (Å²) in [5.74, 6) is 0. The van der Waals surface area contributed by atoms with E-state index in [1.807, 2.05) is 6.21 Å². The predicted molar refractivity (Wildman–Crippen MR) is 41.0 cm³/mol. The Morgan fingerprint density at radius 1 is 1.78 bits per heavy atom. The van der Waals surface area contributed by atoms with Crippen molar-refractivity contribution in [1.82, 2.24) is 0 Å². The third-order valence-corrected chi connectivity index (χ3v) is 1.50. The molecule has 0 bridgehead atoms. The van der Waals surface area contributed by atoms with Gasteiger partial charge >= 0.3 is 0 Å². The average Bonchev–Trinajstić information content (AvgIpc) is 2.34. The van der Waals surface area contributed by atoms with E-state index in [9.17, 15) is 0 Å². The van der Waals surface area contributed by atoms with Gasteiger partial charge in [0.2, 0.25) is 0 Å². The maximum atomic E-state index is 4.12. The van der Waals surface area contributed by atoms with Crippen molar-refractivity contribution in [2.75, 3.05) is 6.54 Å².